The number of halogens is 1. The van der Waals surface area contributed by atoms with E-state index in [0.29, 0.717) is 29.0 Å². The summed E-state index contributed by atoms with van der Waals surface area (Å²) in [6.07, 6.45) is 0.496. The fourth-order valence-electron chi connectivity index (χ4n) is 3.89. The second-order valence-electron chi connectivity index (χ2n) is 8.68. The van der Waals surface area contributed by atoms with Gasteiger partial charge >= 0.3 is 0 Å². The number of nitrogens with zero attached hydrogens (tertiary/aromatic N) is 2. The standard InChI is InChI=1S/C27H32FN3O4S/c1-5-15-36(33,34)29-24-11-14-26(30(2)3)22(17-24)19-31(18-20-7-6-8-23(28)16-20)27(32)21-9-12-25(35-4)13-10-21/h6-14,16-17,29H,5,15,18-19H2,1-4H3. The Morgan fingerprint density at radius 3 is 2.33 bits per heavy atom. The number of amides is 1. The third-order valence-electron chi connectivity index (χ3n) is 5.56. The maximum atomic E-state index is 13.9. The molecular formula is C27H32FN3O4S. The van der Waals surface area contributed by atoms with Crippen molar-refractivity contribution in [1.29, 1.82) is 0 Å². The highest BCUT2D eigenvalue weighted by molar-refractivity contribution is 7.92. The van der Waals surface area contributed by atoms with Crippen LogP contribution in [0.3, 0.4) is 0 Å². The van der Waals surface area contributed by atoms with Crippen molar-refractivity contribution >= 4 is 27.3 Å². The number of hydrogen-bond acceptors (Lipinski definition) is 5. The van der Waals surface area contributed by atoms with E-state index in [4.69, 9.17) is 4.74 Å². The van der Waals surface area contributed by atoms with Crippen molar-refractivity contribution in [3.8, 4) is 5.75 Å². The van der Waals surface area contributed by atoms with Crippen LogP contribution in [0.1, 0.15) is 34.8 Å². The van der Waals surface area contributed by atoms with E-state index >= 15 is 0 Å². The molecule has 0 aliphatic carbocycles. The number of sulfonamides is 1. The molecule has 36 heavy (non-hydrogen) atoms. The van der Waals surface area contributed by atoms with Gasteiger partial charge in [0, 0.05) is 44.1 Å². The largest absolute Gasteiger partial charge is 0.497 e. The number of ether oxygens (including phenoxy) is 1. The highest BCUT2D eigenvalue weighted by atomic mass is 32.2. The fourth-order valence-corrected chi connectivity index (χ4v) is 5.01. The summed E-state index contributed by atoms with van der Waals surface area (Å²) in [5.41, 5.74) is 3.10. The van der Waals surface area contributed by atoms with E-state index in [1.54, 1.807) is 67.5 Å². The van der Waals surface area contributed by atoms with Crippen LogP contribution >= 0.6 is 0 Å². The van der Waals surface area contributed by atoms with E-state index < -0.39 is 10.0 Å². The normalized spacial score (nSPS) is 11.1. The second kappa shape index (κ2) is 11.9. The van der Waals surface area contributed by atoms with Crippen molar-refractivity contribution in [1.82, 2.24) is 4.90 Å². The molecule has 0 unspecified atom stereocenters. The lowest BCUT2D eigenvalue weighted by Crippen LogP contribution is -2.31. The molecule has 0 saturated heterocycles. The monoisotopic (exact) mass is 513 g/mol. The minimum absolute atomic E-state index is 0.0133. The Kier molecular flexibility index (Phi) is 8.93. The van der Waals surface area contributed by atoms with E-state index in [9.17, 15) is 17.6 Å². The van der Waals surface area contributed by atoms with Gasteiger partial charge in [0.15, 0.2) is 0 Å². The lowest BCUT2D eigenvalue weighted by molar-refractivity contribution is 0.0730. The first-order chi connectivity index (χ1) is 17.1. The van der Waals surface area contributed by atoms with Crippen molar-refractivity contribution in [2.45, 2.75) is 26.4 Å². The molecular weight excluding hydrogens is 481 g/mol. The van der Waals surface area contributed by atoms with Crippen LogP contribution in [0.2, 0.25) is 0 Å². The highest BCUT2D eigenvalue weighted by Gasteiger charge is 2.20. The summed E-state index contributed by atoms with van der Waals surface area (Å²) in [5.74, 6) is 0.0128. The zero-order valence-corrected chi connectivity index (χ0v) is 21.8. The van der Waals surface area contributed by atoms with Crippen LogP contribution in [0.15, 0.2) is 66.7 Å². The van der Waals surface area contributed by atoms with Gasteiger partial charge in [-0.05, 0) is 72.1 Å². The molecule has 0 aliphatic rings. The van der Waals surface area contributed by atoms with Gasteiger partial charge in [0.05, 0.1) is 12.9 Å². The van der Waals surface area contributed by atoms with Crippen molar-refractivity contribution in [2.75, 3.05) is 36.6 Å². The fraction of sp³-hybridized carbons (Fsp3) is 0.296. The summed E-state index contributed by atoms with van der Waals surface area (Å²) >= 11 is 0. The number of carbonyl (C=O) groups excluding carboxylic acids is 1. The maximum absolute atomic E-state index is 13.9. The topological polar surface area (TPSA) is 79.0 Å². The molecule has 0 bridgehead atoms. The summed E-state index contributed by atoms with van der Waals surface area (Å²) in [4.78, 5) is 17.1. The summed E-state index contributed by atoms with van der Waals surface area (Å²) in [7, 11) is 1.83. The van der Waals surface area contributed by atoms with E-state index in [-0.39, 0.29) is 30.6 Å². The molecule has 1 amide bonds. The molecule has 0 fully saturated rings. The molecule has 0 spiro atoms. The molecule has 3 aromatic rings. The number of methoxy groups -OCH3 is 1. The molecule has 192 valence electrons. The van der Waals surface area contributed by atoms with E-state index in [0.717, 1.165) is 11.3 Å². The molecule has 0 aliphatic heterocycles. The SMILES string of the molecule is CCCS(=O)(=O)Nc1ccc(N(C)C)c(CN(Cc2cccc(F)c2)C(=O)c2ccc(OC)cc2)c1. The van der Waals surface area contributed by atoms with Gasteiger partial charge in [0.2, 0.25) is 10.0 Å². The Hall–Kier alpha value is -3.59. The molecule has 0 atom stereocenters. The molecule has 7 nitrogen and oxygen atoms in total. The first-order valence-electron chi connectivity index (χ1n) is 11.6. The number of rotatable bonds is 11. The van der Waals surface area contributed by atoms with Crippen LogP contribution in [-0.2, 0) is 23.1 Å². The second-order valence-corrected chi connectivity index (χ2v) is 10.5. The van der Waals surface area contributed by atoms with E-state index in [1.165, 1.54) is 12.1 Å². The minimum atomic E-state index is -3.48. The Morgan fingerprint density at radius 1 is 1.00 bits per heavy atom. The summed E-state index contributed by atoms with van der Waals surface area (Å²) < 4.78 is 46.4. The summed E-state index contributed by atoms with van der Waals surface area (Å²) in [5, 5.41) is 0. The quantitative estimate of drug-likeness (QED) is 0.395. The number of anilines is 2. The number of benzene rings is 3. The predicted molar refractivity (Wildman–Crippen MR) is 141 cm³/mol. The summed E-state index contributed by atoms with van der Waals surface area (Å²) in [6, 6.07) is 18.2. The molecule has 0 saturated carbocycles. The van der Waals surface area contributed by atoms with Crippen LogP contribution in [0.5, 0.6) is 5.75 Å². The van der Waals surface area contributed by atoms with Gasteiger partial charge in [-0.15, -0.1) is 0 Å². The molecule has 9 heteroatoms. The lowest BCUT2D eigenvalue weighted by Gasteiger charge is -2.27. The number of nitrogens with one attached hydrogen (secondary N) is 1. The van der Waals surface area contributed by atoms with Crippen molar-refractivity contribution in [2.24, 2.45) is 0 Å². The van der Waals surface area contributed by atoms with Gasteiger partial charge < -0.3 is 14.5 Å². The van der Waals surface area contributed by atoms with Gasteiger partial charge in [0.25, 0.3) is 5.91 Å². The predicted octanol–water partition coefficient (Wildman–Crippen LogP) is 4.89. The smallest absolute Gasteiger partial charge is 0.254 e. The summed E-state index contributed by atoms with van der Waals surface area (Å²) in [6.45, 7) is 2.15. The van der Waals surface area contributed by atoms with Crippen LogP contribution in [0, 0.1) is 5.82 Å². The number of carbonyl (C=O) groups is 1. The average Bonchev–Trinajstić information content (AvgIpc) is 2.83. The average molecular weight is 514 g/mol. The molecule has 0 radical (unpaired) electrons. The van der Waals surface area contributed by atoms with Gasteiger partial charge in [0.1, 0.15) is 11.6 Å². The van der Waals surface area contributed by atoms with E-state index in [1.807, 2.05) is 25.1 Å². The zero-order valence-electron chi connectivity index (χ0n) is 21.0. The van der Waals surface area contributed by atoms with Crippen LogP contribution in [0.4, 0.5) is 15.8 Å². The van der Waals surface area contributed by atoms with E-state index in [2.05, 4.69) is 4.72 Å². The van der Waals surface area contributed by atoms with Crippen LogP contribution in [0.25, 0.3) is 0 Å². The third kappa shape index (κ3) is 7.21. The lowest BCUT2D eigenvalue weighted by atomic mass is 10.1. The number of hydrogen-bond donors (Lipinski definition) is 1. The first-order valence-corrected chi connectivity index (χ1v) is 13.3. The molecule has 3 rings (SSSR count). The molecule has 0 aromatic heterocycles. The van der Waals surface area contributed by atoms with Crippen molar-refractivity contribution in [3.05, 3.63) is 89.2 Å². The van der Waals surface area contributed by atoms with Gasteiger partial charge in [-0.25, -0.2) is 12.8 Å². The third-order valence-corrected chi connectivity index (χ3v) is 7.05. The Balaban J connectivity index is 2.00. The van der Waals surface area contributed by atoms with Gasteiger partial charge in [-0.2, -0.15) is 0 Å². The van der Waals surface area contributed by atoms with Crippen molar-refractivity contribution in [3.63, 3.8) is 0 Å². The molecule has 3 aromatic carbocycles. The first kappa shape index (κ1) is 27.0. The Bertz CT molecular complexity index is 1290. The molecule has 0 heterocycles. The van der Waals surface area contributed by atoms with Crippen LogP contribution < -0.4 is 14.4 Å². The van der Waals surface area contributed by atoms with Crippen LogP contribution in [-0.4, -0.2) is 46.2 Å². The minimum Gasteiger partial charge on any atom is -0.497 e. The maximum Gasteiger partial charge on any atom is 0.254 e. The Labute approximate surface area is 212 Å². The molecule has 1 N–H and O–H groups in total. The highest BCUT2D eigenvalue weighted by Crippen LogP contribution is 2.27. The van der Waals surface area contributed by atoms with Gasteiger partial charge in [-0.3, -0.25) is 9.52 Å². The van der Waals surface area contributed by atoms with Gasteiger partial charge in [-0.1, -0.05) is 19.1 Å². The van der Waals surface area contributed by atoms with Crippen molar-refractivity contribution < 1.29 is 22.3 Å². The Morgan fingerprint density at radius 2 is 1.72 bits per heavy atom. The zero-order chi connectivity index (χ0) is 26.3.